The van der Waals surface area contributed by atoms with Gasteiger partial charge in [-0.3, -0.25) is 4.79 Å². The molecule has 1 aliphatic heterocycles. The average Bonchev–Trinajstić information content (AvgIpc) is 2.34. The van der Waals surface area contributed by atoms with Gasteiger partial charge >= 0.3 is 0 Å². The van der Waals surface area contributed by atoms with E-state index in [1.165, 1.54) is 32.1 Å². The van der Waals surface area contributed by atoms with Crippen molar-refractivity contribution in [1.82, 2.24) is 4.90 Å². The second-order valence-corrected chi connectivity index (χ2v) is 5.98. The summed E-state index contributed by atoms with van der Waals surface area (Å²) in [7, 11) is 0. The van der Waals surface area contributed by atoms with E-state index in [4.69, 9.17) is 5.73 Å². The number of likely N-dealkylation sites (tertiary alicyclic amines) is 1. The van der Waals surface area contributed by atoms with Gasteiger partial charge in [-0.05, 0) is 31.1 Å². The van der Waals surface area contributed by atoms with E-state index >= 15 is 0 Å². The predicted molar refractivity (Wildman–Crippen MR) is 69.5 cm³/mol. The van der Waals surface area contributed by atoms with Crippen LogP contribution in [0, 0.1) is 11.8 Å². The molecule has 1 saturated heterocycles. The van der Waals surface area contributed by atoms with E-state index in [0.717, 1.165) is 25.9 Å². The van der Waals surface area contributed by atoms with E-state index in [1.807, 2.05) is 4.90 Å². The Morgan fingerprint density at radius 3 is 2.59 bits per heavy atom. The number of rotatable bonds is 2. The minimum atomic E-state index is 0.286. The molecular formula is C14H26N2O. The van der Waals surface area contributed by atoms with Crippen LogP contribution < -0.4 is 5.73 Å². The molecular weight excluding hydrogens is 212 g/mol. The molecule has 2 rings (SSSR count). The monoisotopic (exact) mass is 238 g/mol. The normalized spacial score (nSPS) is 31.5. The topological polar surface area (TPSA) is 46.3 Å². The minimum Gasteiger partial charge on any atom is -0.342 e. The van der Waals surface area contributed by atoms with E-state index < -0.39 is 0 Å². The van der Waals surface area contributed by atoms with Crippen LogP contribution in [0.25, 0.3) is 0 Å². The Bertz CT molecular complexity index is 261. The number of amides is 1. The molecule has 2 atom stereocenters. The molecule has 17 heavy (non-hydrogen) atoms. The van der Waals surface area contributed by atoms with Gasteiger partial charge in [0.25, 0.3) is 0 Å². The molecule has 2 unspecified atom stereocenters. The Balaban J connectivity index is 1.79. The van der Waals surface area contributed by atoms with Crippen molar-refractivity contribution in [1.29, 1.82) is 0 Å². The van der Waals surface area contributed by atoms with Crippen molar-refractivity contribution in [3.8, 4) is 0 Å². The summed E-state index contributed by atoms with van der Waals surface area (Å²) in [6, 6.07) is 0.286. The molecule has 0 aromatic carbocycles. The molecule has 2 aliphatic rings. The Kier molecular flexibility index (Phi) is 4.43. The van der Waals surface area contributed by atoms with Gasteiger partial charge in [0.05, 0.1) is 0 Å². The summed E-state index contributed by atoms with van der Waals surface area (Å²) >= 11 is 0. The summed E-state index contributed by atoms with van der Waals surface area (Å²) < 4.78 is 0. The highest BCUT2D eigenvalue weighted by molar-refractivity contribution is 5.76. The van der Waals surface area contributed by atoms with Gasteiger partial charge < -0.3 is 10.6 Å². The fraction of sp³-hybridized carbons (Fsp3) is 0.929. The van der Waals surface area contributed by atoms with E-state index in [9.17, 15) is 4.79 Å². The van der Waals surface area contributed by atoms with Crippen LogP contribution in [0.15, 0.2) is 0 Å². The molecule has 0 spiro atoms. The molecule has 0 radical (unpaired) electrons. The van der Waals surface area contributed by atoms with Gasteiger partial charge in [-0.15, -0.1) is 0 Å². The van der Waals surface area contributed by atoms with Gasteiger partial charge in [0, 0.05) is 25.6 Å². The number of nitrogens with zero attached hydrogens (tertiary/aromatic N) is 1. The third-order valence-electron chi connectivity index (χ3n) is 4.51. The fourth-order valence-corrected chi connectivity index (χ4v) is 3.16. The van der Waals surface area contributed by atoms with Gasteiger partial charge in [-0.1, -0.05) is 26.2 Å². The first-order valence-electron chi connectivity index (χ1n) is 7.20. The first-order chi connectivity index (χ1) is 8.16. The molecule has 0 bridgehead atoms. The van der Waals surface area contributed by atoms with Crippen molar-refractivity contribution in [3.05, 3.63) is 0 Å². The fourth-order valence-electron chi connectivity index (χ4n) is 3.16. The summed E-state index contributed by atoms with van der Waals surface area (Å²) in [6.45, 7) is 3.90. The molecule has 1 heterocycles. The van der Waals surface area contributed by atoms with E-state index in [2.05, 4.69) is 6.92 Å². The second kappa shape index (κ2) is 5.85. The number of hydrogen-bond acceptors (Lipinski definition) is 2. The van der Waals surface area contributed by atoms with Crippen molar-refractivity contribution in [3.63, 3.8) is 0 Å². The lowest BCUT2D eigenvalue weighted by molar-refractivity contribution is -0.134. The summed E-state index contributed by atoms with van der Waals surface area (Å²) in [5.41, 5.74) is 5.99. The van der Waals surface area contributed by atoms with Gasteiger partial charge in [-0.25, -0.2) is 0 Å². The van der Waals surface area contributed by atoms with Crippen LogP contribution >= 0.6 is 0 Å². The quantitative estimate of drug-likeness (QED) is 0.801. The first-order valence-corrected chi connectivity index (χ1v) is 7.20. The highest BCUT2D eigenvalue weighted by Crippen LogP contribution is 2.27. The Hall–Kier alpha value is -0.570. The molecule has 1 aliphatic carbocycles. The summed E-state index contributed by atoms with van der Waals surface area (Å²) in [4.78, 5) is 14.2. The third kappa shape index (κ3) is 3.44. The van der Waals surface area contributed by atoms with E-state index in [1.54, 1.807) is 0 Å². The maximum absolute atomic E-state index is 12.2. The van der Waals surface area contributed by atoms with Crippen molar-refractivity contribution >= 4 is 5.91 Å². The zero-order valence-corrected chi connectivity index (χ0v) is 11.0. The molecule has 3 heteroatoms. The summed E-state index contributed by atoms with van der Waals surface area (Å²) in [5, 5.41) is 0. The van der Waals surface area contributed by atoms with Crippen molar-refractivity contribution in [2.45, 2.75) is 57.9 Å². The lowest BCUT2D eigenvalue weighted by Gasteiger charge is -2.36. The largest absolute Gasteiger partial charge is 0.342 e. The average molecular weight is 238 g/mol. The third-order valence-corrected chi connectivity index (χ3v) is 4.51. The minimum absolute atomic E-state index is 0.286. The number of hydrogen-bond donors (Lipinski definition) is 1. The van der Waals surface area contributed by atoms with Crippen LogP contribution in [0.2, 0.25) is 0 Å². The second-order valence-electron chi connectivity index (χ2n) is 5.98. The molecule has 1 saturated carbocycles. The maximum atomic E-state index is 12.2. The van der Waals surface area contributed by atoms with Crippen LogP contribution in [-0.4, -0.2) is 29.9 Å². The number of carbonyl (C=O) groups excluding carboxylic acids is 1. The van der Waals surface area contributed by atoms with Crippen LogP contribution in [-0.2, 0) is 4.79 Å². The van der Waals surface area contributed by atoms with Gasteiger partial charge in [0.2, 0.25) is 5.91 Å². The summed E-state index contributed by atoms with van der Waals surface area (Å²) in [6.07, 6.45) is 8.27. The number of piperidine rings is 1. The standard InChI is InChI=1S/C14H26N2O/c1-11-10-16(8-7-13(11)15)14(17)9-12-5-3-2-4-6-12/h11-13H,2-10,15H2,1H3. The number of nitrogens with two attached hydrogens (primary N) is 1. The highest BCUT2D eigenvalue weighted by Gasteiger charge is 2.27. The Morgan fingerprint density at radius 1 is 1.24 bits per heavy atom. The van der Waals surface area contributed by atoms with Gasteiger partial charge in [0.1, 0.15) is 0 Å². The van der Waals surface area contributed by atoms with Crippen molar-refractivity contribution in [2.75, 3.05) is 13.1 Å². The molecule has 2 fully saturated rings. The summed E-state index contributed by atoms with van der Waals surface area (Å²) in [5.74, 6) is 1.48. The zero-order valence-electron chi connectivity index (χ0n) is 11.0. The van der Waals surface area contributed by atoms with Crippen LogP contribution in [0.4, 0.5) is 0 Å². The number of carbonyl (C=O) groups is 1. The molecule has 3 nitrogen and oxygen atoms in total. The van der Waals surface area contributed by atoms with Crippen LogP contribution in [0.1, 0.15) is 51.9 Å². The van der Waals surface area contributed by atoms with Gasteiger partial charge in [0.15, 0.2) is 0 Å². The molecule has 0 aromatic rings. The van der Waals surface area contributed by atoms with E-state index in [-0.39, 0.29) is 6.04 Å². The lowest BCUT2D eigenvalue weighted by Crippen LogP contribution is -2.48. The maximum Gasteiger partial charge on any atom is 0.222 e. The zero-order chi connectivity index (χ0) is 12.3. The van der Waals surface area contributed by atoms with Gasteiger partial charge in [-0.2, -0.15) is 0 Å². The first kappa shape index (κ1) is 12.9. The SMILES string of the molecule is CC1CN(C(=O)CC2CCCCC2)CCC1N. The van der Waals surface area contributed by atoms with Crippen molar-refractivity contribution < 1.29 is 4.79 Å². The smallest absolute Gasteiger partial charge is 0.222 e. The highest BCUT2D eigenvalue weighted by atomic mass is 16.2. The van der Waals surface area contributed by atoms with Crippen LogP contribution in [0.3, 0.4) is 0 Å². The van der Waals surface area contributed by atoms with Crippen LogP contribution in [0.5, 0.6) is 0 Å². The lowest BCUT2D eigenvalue weighted by atomic mass is 9.86. The van der Waals surface area contributed by atoms with E-state index in [0.29, 0.717) is 17.7 Å². The molecule has 98 valence electrons. The molecule has 1 amide bonds. The Labute approximate surface area is 105 Å². The molecule has 0 aromatic heterocycles. The molecule has 2 N–H and O–H groups in total. The van der Waals surface area contributed by atoms with Crippen molar-refractivity contribution in [2.24, 2.45) is 17.6 Å². The predicted octanol–water partition coefficient (Wildman–Crippen LogP) is 2.15. The Morgan fingerprint density at radius 2 is 1.94 bits per heavy atom.